The minimum atomic E-state index is -0.114. The van der Waals surface area contributed by atoms with E-state index in [1.54, 1.807) is 0 Å². The van der Waals surface area contributed by atoms with Crippen LogP contribution in [-0.2, 0) is 16.1 Å². The molecule has 2 aliphatic rings. The third-order valence-corrected chi connectivity index (χ3v) is 5.95. The number of nitrogens with two attached hydrogens (primary N) is 1. The number of carbonyl (C=O) groups is 2. The van der Waals surface area contributed by atoms with Crippen LogP contribution in [0.25, 0.3) is 0 Å². The van der Waals surface area contributed by atoms with E-state index in [0.717, 1.165) is 49.8 Å². The first-order valence-electron chi connectivity index (χ1n) is 10.8. The van der Waals surface area contributed by atoms with Crippen LogP contribution in [0.15, 0.2) is 24.3 Å². The molecule has 2 amide bonds. The van der Waals surface area contributed by atoms with E-state index < -0.39 is 0 Å². The Labute approximate surface area is 169 Å². The highest BCUT2D eigenvalue weighted by Gasteiger charge is 2.35. The molecular weight excluding hydrogens is 350 g/mol. The summed E-state index contributed by atoms with van der Waals surface area (Å²) in [5.74, 6) is 0.684. The Morgan fingerprint density at radius 2 is 1.82 bits per heavy atom. The van der Waals surface area contributed by atoms with E-state index in [9.17, 15) is 9.59 Å². The summed E-state index contributed by atoms with van der Waals surface area (Å²) in [5.41, 5.74) is 7.66. The zero-order valence-corrected chi connectivity index (χ0v) is 17.4. The first-order chi connectivity index (χ1) is 13.4. The second kappa shape index (κ2) is 9.08. The molecule has 3 rings (SSSR count). The van der Waals surface area contributed by atoms with Gasteiger partial charge in [-0.05, 0) is 55.3 Å². The van der Waals surface area contributed by atoms with Gasteiger partial charge in [0.15, 0.2) is 0 Å². The molecular formula is C23H35N3O2. The van der Waals surface area contributed by atoms with Gasteiger partial charge in [-0.2, -0.15) is 0 Å². The largest absolute Gasteiger partial charge is 0.338 e. The predicted octanol–water partition coefficient (Wildman–Crippen LogP) is 3.93. The second-order valence-electron chi connectivity index (χ2n) is 9.36. The number of hydrogen-bond donors (Lipinski definition) is 2. The maximum Gasteiger partial charge on any atom is 0.227 e. The van der Waals surface area contributed by atoms with E-state index in [0.29, 0.717) is 19.6 Å². The smallest absolute Gasteiger partial charge is 0.227 e. The van der Waals surface area contributed by atoms with Gasteiger partial charge in [0.05, 0.1) is 0 Å². The van der Waals surface area contributed by atoms with Gasteiger partial charge in [0.25, 0.3) is 0 Å². The number of amides is 2. The fourth-order valence-electron chi connectivity index (χ4n) is 3.96. The topological polar surface area (TPSA) is 75.4 Å². The molecule has 1 aromatic rings. The maximum absolute atomic E-state index is 12.8. The lowest BCUT2D eigenvalue weighted by molar-refractivity contribution is -0.134. The molecule has 0 heterocycles. The summed E-state index contributed by atoms with van der Waals surface area (Å²) < 4.78 is 0. The van der Waals surface area contributed by atoms with Crippen LogP contribution in [0.3, 0.4) is 0 Å². The minimum absolute atomic E-state index is 0.114. The predicted molar refractivity (Wildman–Crippen MR) is 113 cm³/mol. The number of benzene rings is 1. The fraction of sp³-hybridized carbons (Fsp3) is 0.652. The summed E-state index contributed by atoms with van der Waals surface area (Å²) in [5, 5.41) is 3.09. The summed E-state index contributed by atoms with van der Waals surface area (Å²) in [6, 6.07) is 7.92. The quantitative estimate of drug-likeness (QED) is 0.712. The molecule has 154 valence electrons. The molecule has 0 saturated heterocycles. The molecule has 28 heavy (non-hydrogen) atoms. The third kappa shape index (κ3) is 5.81. The molecule has 3 N–H and O–H groups in total. The number of nitrogens with one attached hydrogen (secondary N) is 1. The molecule has 0 radical (unpaired) electrons. The summed E-state index contributed by atoms with van der Waals surface area (Å²) in [4.78, 5) is 27.3. The first-order valence-corrected chi connectivity index (χ1v) is 10.8. The van der Waals surface area contributed by atoms with Gasteiger partial charge >= 0.3 is 0 Å². The van der Waals surface area contributed by atoms with Gasteiger partial charge < -0.3 is 16.0 Å². The van der Waals surface area contributed by atoms with Gasteiger partial charge in [-0.25, -0.2) is 0 Å². The van der Waals surface area contributed by atoms with Gasteiger partial charge in [0.2, 0.25) is 11.8 Å². The van der Waals surface area contributed by atoms with Gasteiger partial charge in [0, 0.05) is 30.6 Å². The van der Waals surface area contributed by atoms with E-state index in [1.165, 1.54) is 6.42 Å². The number of nitrogens with zero attached hydrogens (tertiary/aromatic N) is 1. The average molecular weight is 386 g/mol. The summed E-state index contributed by atoms with van der Waals surface area (Å²) >= 11 is 0. The molecule has 5 nitrogen and oxygen atoms in total. The monoisotopic (exact) mass is 385 g/mol. The van der Waals surface area contributed by atoms with E-state index in [1.807, 2.05) is 29.2 Å². The van der Waals surface area contributed by atoms with Gasteiger partial charge in [0.1, 0.15) is 0 Å². The van der Waals surface area contributed by atoms with Crippen molar-refractivity contribution in [2.75, 3.05) is 18.4 Å². The van der Waals surface area contributed by atoms with Crippen LogP contribution < -0.4 is 11.1 Å². The minimum Gasteiger partial charge on any atom is -0.338 e. The third-order valence-electron chi connectivity index (χ3n) is 5.95. The average Bonchev–Trinajstić information content (AvgIpc) is 3.53. The van der Waals surface area contributed by atoms with Crippen molar-refractivity contribution >= 4 is 17.5 Å². The van der Waals surface area contributed by atoms with Crippen LogP contribution in [0.1, 0.15) is 64.4 Å². The van der Waals surface area contributed by atoms with Gasteiger partial charge in [-0.1, -0.05) is 45.2 Å². The van der Waals surface area contributed by atoms with Gasteiger partial charge in [-0.3, -0.25) is 9.59 Å². The molecule has 5 heteroatoms. The van der Waals surface area contributed by atoms with Crippen molar-refractivity contribution in [3.8, 4) is 0 Å². The standard InChI is InChI=1S/C23H35N3O2/c1-23(2,15-24)16-26(22(28)19-11-12-19)14-17-7-6-10-20(13-17)25-21(27)18-8-4-3-5-9-18/h6-7,10,13,18-19H,3-5,8-9,11-12,14-16,24H2,1-2H3,(H,25,27). The first kappa shape index (κ1) is 20.8. The van der Waals surface area contributed by atoms with E-state index in [2.05, 4.69) is 19.2 Å². The molecule has 0 spiro atoms. The lowest BCUT2D eigenvalue weighted by Gasteiger charge is -2.32. The van der Waals surface area contributed by atoms with Crippen molar-refractivity contribution in [2.24, 2.45) is 23.0 Å². The Kier molecular flexibility index (Phi) is 6.76. The Morgan fingerprint density at radius 1 is 1.11 bits per heavy atom. The van der Waals surface area contributed by atoms with Crippen LogP contribution in [-0.4, -0.2) is 29.8 Å². The number of anilines is 1. The van der Waals surface area contributed by atoms with Crippen molar-refractivity contribution in [2.45, 2.75) is 65.3 Å². The van der Waals surface area contributed by atoms with Crippen molar-refractivity contribution < 1.29 is 9.59 Å². The van der Waals surface area contributed by atoms with Crippen LogP contribution >= 0.6 is 0 Å². The lowest BCUT2D eigenvalue weighted by atomic mass is 9.88. The van der Waals surface area contributed by atoms with Crippen molar-refractivity contribution in [1.29, 1.82) is 0 Å². The molecule has 2 aliphatic carbocycles. The van der Waals surface area contributed by atoms with E-state index >= 15 is 0 Å². The highest BCUT2D eigenvalue weighted by Crippen LogP contribution is 2.33. The zero-order valence-electron chi connectivity index (χ0n) is 17.4. The lowest BCUT2D eigenvalue weighted by Crippen LogP contribution is -2.42. The Bertz CT molecular complexity index is 691. The zero-order chi connectivity index (χ0) is 20.1. The van der Waals surface area contributed by atoms with Crippen LogP contribution in [0, 0.1) is 17.3 Å². The van der Waals surface area contributed by atoms with Crippen LogP contribution in [0.5, 0.6) is 0 Å². The summed E-state index contributed by atoms with van der Waals surface area (Å²) in [7, 11) is 0. The summed E-state index contributed by atoms with van der Waals surface area (Å²) in [6.07, 6.45) is 7.50. The SMILES string of the molecule is CC(C)(CN)CN(Cc1cccc(NC(=O)C2CCCCC2)c1)C(=O)C1CC1. The van der Waals surface area contributed by atoms with Crippen LogP contribution in [0.4, 0.5) is 5.69 Å². The molecule has 0 aliphatic heterocycles. The number of carbonyl (C=O) groups excluding carboxylic acids is 2. The van der Waals surface area contributed by atoms with Crippen molar-refractivity contribution in [3.63, 3.8) is 0 Å². The Morgan fingerprint density at radius 3 is 2.46 bits per heavy atom. The van der Waals surface area contributed by atoms with E-state index in [4.69, 9.17) is 5.73 Å². The Hall–Kier alpha value is -1.88. The molecule has 0 aromatic heterocycles. The summed E-state index contributed by atoms with van der Waals surface area (Å²) in [6.45, 7) is 5.95. The molecule has 0 bridgehead atoms. The Balaban J connectivity index is 1.66. The van der Waals surface area contributed by atoms with Crippen molar-refractivity contribution in [3.05, 3.63) is 29.8 Å². The second-order valence-corrected chi connectivity index (χ2v) is 9.36. The molecule has 2 fully saturated rings. The van der Waals surface area contributed by atoms with Crippen molar-refractivity contribution in [1.82, 2.24) is 4.90 Å². The molecule has 0 atom stereocenters. The molecule has 1 aromatic carbocycles. The van der Waals surface area contributed by atoms with E-state index in [-0.39, 0.29) is 29.1 Å². The fourth-order valence-corrected chi connectivity index (χ4v) is 3.96. The highest BCUT2D eigenvalue weighted by molar-refractivity contribution is 5.92. The van der Waals surface area contributed by atoms with Crippen LogP contribution in [0.2, 0.25) is 0 Å². The molecule has 0 unspecified atom stereocenters. The normalized spacial score (nSPS) is 18.0. The maximum atomic E-state index is 12.8. The highest BCUT2D eigenvalue weighted by atomic mass is 16.2. The number of hydrogen-bond acceptors (Lipinski definition) is 3. The van der Waals surface area contributed by atoms with Gasteiger partial charge in [-0.15, -0.1) is 0 Å². The molecule has 2 saturated carbocycles. The number of rotatable bonds is 8.